The van der Waals surface area contributed by atoms with Gasteiger partial charge in [-0.05, 0) is 32.1 Å². The van der Waals surface area contributed by atoms with Gasteiger partial charge < -0.3 is 15.5 Å². The van der Waals surface area contributed by atoms with Crippen molar-refractivity contribution in [2.75, 3.05) is 19.6 Å². The van der Waals surface area contributed by atoms with E-state index in [9.17, 15) is 4.79 Å². The van der Waals surface area contributed by atoms with E-state index in [-0.39, 0.29) is 29.9 Å². The van der Waals surface area contributed by atoms with E-state index in [2.05, 4.69) is 29.5 Å². The Kier molecular flexibility index (Phi) is 8.49. The van der Waals surface area contributed by atoms with Crippen LogP contribution in [-0.2, 0) is 4.79 Å². The molecule has 2 fully saturated rings. The third-order valence-corrected chi connectivity index (χ3v) is 4.40. The zero-order chi connectivity index (χ0) is 15.2. The number of carbonyl (C=O) groups is 1. The maximum absolute atomic E-state index is 11.7. The Morgan fingerprint density at radius 1 is 1.27 bits per heavy atom. The lowest BCUT2D eigenvalue weighted by Gasteiger charge is -2.19. The summed E-state index contributed by atoms with van der Waals surface area (Å²) in [4.78, 5) is 18.2. The predicted octanol–water partition coefficient (Wildman–Crippen LogP) is 2.36. The minimum atomic E-state index is 0. The molecule has 2 aliphatic rings. The van der Waals surface area contributed by atoms with Crippen LogP contribution in [0.15, 0.2) is 4.99 Å². The molecule has 2 rings (SSSR count). The molecule has 0 aromatic carbocycles. The van der Waals surface area contributed by atoms with Gasteiger partial charge in [0.2, 0.25) is 5.91 Å². The Bertz CT molecular complexity index is 388. The third-order valence-electron chi connectivity index (χ3n) is 4.40. The number of nitrogens with one attached hydrogen (secondary N) is 2. The van der Waals surface area contributed by atoms with Gasteiger partial charge in [0.1, 0.15) is 0 Å². The molecule has 6 heteroatoms. The van der Waals surface area contributed by atoms with E-state index in [1.807, 2.05) is 11.8 Å². The van der Waals surface area contributed by atoms with Crippen LogP contribution in [0.2, 0.25) is 0 Å². The molecule has 1 saturated heterocycles. The van der Waals surface area contributed by atoms with Gasteiger partial charge in [0.15, 0.2) is 5.96 Å². The number of likely N-dealkylation sites (tertiary alicyclic amines) is 1. The van der Waals surface area contributed by atoms with Crippen LogP contribution in [-0.4, -0.2) is 48.5 Å². The first-order valence-electron chi connectivity index (χ1n) is 8.53. The van der Waals surface area contributed by atoms with Gasteiger partial charge in [0.25, 0.3) is 0 Å². The van der Waals surface area contributed by atoms with E-state index >= 15 is 0 Å². The number of hydrogen-bond acceptors (Lipinski definition) is 2. The van der Waals surface area contributed by atoms with Gasteiger partial charge in [0.05, 0.1) is 0 Å². The van der Waals surface area contributed by atoms with Crippen molar-refractivity contribution in [2.45, 2.75) is 65.0 Å². The van der Waals surface area contributed by atoms with Crippen molar-refractivity contribution in [3.8, 4) is 0 Å². The van der Waals surface area contributed by atoms with Crippen molar-refractivity contribution in [3.05, 3.63) is 0 Å². The molecular weight excluding hydrogens is 391 g/mol. The minimum Gasteiger partial charge on any atom is -0.353 e. The molecule has 0 radical (unpaired) electrons. The van der Waals surface area contributed by atoms with E-state index in [0.29, 0.717) is 18.5 Å². The van der Waals surface area contributed by atoms with Gasteiger partial charge in [0, 0.05) is 38.1 Å². The molecule has 3 unspecified atom stereocenters. The van der Waals surface area contributed by atoms with Gasteiger partial charge in [-0.1, -0.05) is 20.3 Å². The standard InChI is InChI=1S/C16H30N4O.HI/c1-4-7-12-10-14(12)19-16(17-6-3)18-13-8-9-20(11-13)15(21)5-2;/h12-14H,4-11H2,1-3H3,(H2,17,18,19);1H. The maximum atomic E-state index is 11.7. The number of aliphatic imine (C=N–C) groups is 1. The summed E-state index contributed by atoms with van der Waals surface area (Å²) in [5.41, 5.74) is 0. The summed E-state index contributed by atoms with van der Waals surface area (Å²) in [5, 5.41) is 7.05. The number of rotatable bonds is 6. The number of hydrogen-bond donors (Lipinski definition) is 2. The van der Waals surface area contributed by atoms with Crippen LogP contribution in [0.5, 0.6) is 0 Å². The Hall–Kier alpha value is -0.530. The molecule has 1 amide bonds. The fraction of sp³-hybridized carbons (Fsp3) is 0.875. The molecule has 1 heterocycles. The van der Waals surface area contributed by atoms with E-state index in [1.165, 1.54) is 19.3 Å². The van der Waals surface area contributed by atoms with Gasteiger partial charge >= 0.3 is 0 Å². The Morgan fingerprint density at radius 2 is 2.05 bits per heavy atom. The van der Waals surface area contributed by atoms with Crippen LogP contribution in [0.3, 0.4) is 0 Å². The lowest BCUT2D eigenvalue weighted by molar-refractivity contribution is -0.129. The molecule has 5 nitrogen and oxygen atoms in total. The number of amides is 1. The molecule has 22 heavy (non-hydrogen) atoms. The monoisotopic (exact) mass is 422 g/mol. The lowest BCUT2D eigenvalue weighted by atomic mass is 10.2. The second-order valence-electron chi connectivity index (χ2n) is 6.18. The molecule has 3 atom stereocenters. The minimum absolute atomic E-state index is 0. The predicted molar refractivity (Wildman–Crippen MR) is 102 cm³/mol. The summed E-state index contributed by atoms with van der Waals surface area (Å²) in [6.07, 6.45) is 5.44. The highest BCUT2D eigenvalue weighted by Gasteiger charge is 2.37. The van der Waals surface area contributed by atoms with Crippen LogP contribution < -0.4 is 10.6 Å². The van der Waals surface area contributed by atoms with Crippen LogP contribution in [0.4, 0.5) is 0 Å². The van der Waals surface area contributed by atoms with Gasteiger partial charge in [-0.15, -0.1) is 24.0 Å². The van der Waals surface area contributed by atoms with Crippen LogP contribution in [0, 0.1) is 5.92 Å². The van der Waals surface area contributed by atoms with E-state index in [0.717, 1.165) is 37.9 Å². The van der Waals surface area contributed by atoms with Crippen molar-refractivity contribution >= 4 is 35.8 Å². The highest BCUT2D eigenvalue weighted by molar-refractivity contribution is 14.0. The van der Waals surface area contributed by atoms with Crippen molar-refractivity contribution in [3.63, 3.8) is 0 Å². The molecule has 1 aliphatic heterocycles. The lowest BCUT2D eigenvalue weighted by Crippen LogP contribution is -2.46. The van der Waals surface area contributed by atoms with E-state index in [4.69, 9.17) is 0 Å². The summed E-state index contributed by atoms with van der Waals surface area (Å²) >= 11 is 0. The first-order chi connectivity index (χ1) is 10.2. The summed E-state index contributed by atoms with van der Waals surface area (Å²) < 4.78 is 0. The normalized spacial score (nSPS) is 27.3. The maximum Gasteiger partial charge on any atom is 0.222 e. The molecule has 0 spiro atoms. The molecule has 1 saturated carbocycles. The first-order valence-corrected chi connectivity index (χ1v) is 8.53. The fourth-order valence-corrected chi connectivity index (χ4v) is 3.10. The summed E-state index contributed by atoms with van der Waals surface area (Å²) in [7, 11) is 0. The molecule has 2 N–H and O–H groups in total. The van der Waals surface area contributed by atoms with Crippen molar-refractivity contribution in [1.82, 2.24) is 15.5 Å². The summed E-state index contributed by atoms with van der Waals surface area (Å²) in [6, 6.07) is 0.930. The van der Waals surface area contributed by atoms with Crippen LogP contribution in [0.25, 0.3) is 0 Å². The average molecular weight is 422 g/mol. The number of halogens is 1. The fourth-order valence-electron chi connectivity index (χ4n) is 3.10. The molecule has 128 valence electrons. The second-order valence-corrected chi connectivity index (χ2v) is 6.18. The van der Waals surface area contributed by atoms with Crippen LogP contribution >= 0.6 is 24.0 Å². The quantitative estimate of drug-likeness (QED) is 0.393. The summed E-state index contributed by atoms with van der Waals surface area (Å²) in [5.74, 6) is 2.00. The first kappa shape index (κ1) is 19.5. The molecular formula is C16H31IN4O. The van der Waals surface area contributed by atoms with Crippen molar-refractivity contribution < 1.29 is 4.79 Å². The van der Waals surface area contributed by atoms with Gasteiger partial charge in [-0.25, -0.2) is 0 Å². The Balaban J connectivity index is 0.00000242. The molecule has 0 aromatic heterocycles. The highest BCUT2D eigenvalue weighted by atomic mass is 127. The smallest absolute Gasteiger partial charge is 0.222 e. The Labute approximate surface area is 151 Å². The highest BCUT2D eigenvalue weighted by Crippen LogP contribution is 2.34. The molecule has 1 aliphatic carbocycles. The number of carbonyl (C=O) groups excluding carboxylic acids is 1. The second kappa shape index (κ2) is 9.57. The zero-order valence-corrected chi connectivity index (χ0v) is 16.4. The van der Waals surface area contributed by atoms with Crippen molar-refractivity contribution in [1.29, 1.82) is 0 Å². The Morgan fingerprint density at radius 3 is 2.68 bits per heavy atom. The van der Waals surface area contributed by atoms with E-state index < -0.39 is 0 Å². The largest absolute Gasteiger partial charge is 0.353 e. The SMILES string of the molecule is CCCC1CC1NC(=NCC)NC1CCN(C(=O)CC)C1.I. The molecule has 0 aromatic rings. The molecule has 0 bridgehead atoms. The number of nitrogens with zero attached hydrogens (tertiary/aromatic N) is 2. The number of guanidine groups is 1. The van der Waals surface area contributed by atoms with Crippen LogP contribution in [0.1, 0.15) is 52.9 Å². The van der Waals surface area contributed by atoms with E-state index in [1.54, 1.807) is 0 Å². The van der Waals surface area contributed by atoms with Gasteiger partial charge in [-0.2, -0.15) is 0 Å². The third kappa shape index (κ3) is 5.59. The summed E-state index contributed by atoms with van der Waals surface area (Å²) in [6.45, 7) is 8.68. The topological polar surface area (TPSA) is 56.7 Å². The van der Waals surface area contributed by atoms with Gasteiger partial charge in [-0.3, -0.25) is 9.79 Å². The average Bonchev–Trinajstić information content (AvgIpc) is 3.01. The zero-order valence-electron chi connectivity index (χ0n) is 14.1. The van der Waals surface area contributed by atoms with Crippen molar-refractivity contribution in [2.24, 2.45) is 10.9 Å².